The van der Waals surface area contributed by atoms with Crippen LogP contribution in [0.15, 0.2) is 24.3 Å². The third-order valence-corrected chi connectivity index (χ3v) is 10.1. The monoisotopic (exact) mass is 630 g/mol. The van der Waals surface area contributed by atoms with Crippen molar-refractivity contribution in [2.45, 2.75) is 62.4 Å². The van der Waals surface area contributed by atoms with Gasteiger partial charge < -0.3 is 25.2 Å². The quantitative estimate of drug-likeness (QED) is 0.309. The molecule has 0 saturated carbocycles. The lowest BCUT2D eigenvalue weighted by Crippen LogP contribution is -2.43. The lowest BCUT2D eigenvalue weighted by molar-refractivity contribution is 0.111. The van der Waals surface area contributed by atoms with Gasteiger partial charge in [0.1, 0.15) is 47.9 Å². The van der Waals surface area contributed by atoms with Crippen molar-refractivity contribution in [3.8, 4) is 35.5 Å². The number of ether oxygens (including phenoxy) is 2. The van der Waals surface area contributed by atoms with Crippen molar-refractivity contribution in [2.75, 3.05) is 43.5 Å². The van der Waals surface area contributed by atoms with E-state index in [9.17, 15) is 13.9 Å². The van der Waals surface area contributed by atoms with E-state index in [0.29, 0.717) is 55.2 Å². The number of fused-ring (bicyclic) bond motifs is 4. The summed E-state index contributed by atoms with van der Waals surface area (Å²) in [5, 5.41) is 11.5. The zero-order chi connectivity index (χ0) is 31.7. The van der Waals surface area contributed by atoms with Crippen molar-refractivity contribution < 1.29 is 27.8 Å². The molecule has 238 valence electrons. The second kappa shape index (κ2) is 10.9. The molecule has 0 unspecified atom stereocenters. The van der Waals surface area contributed by atoms with Crippen molar-refractivity contribution in [3.63, 3.8) is 0 Å². The Morgan fingerprint density at radius 3 is 2.83 bits per heavy atom. The summed E-state index contributed by atoms with van der Waals surface area (Å²) in [5.41, 5.74) is 5.91. The number of aromatic nitrogens is 3. The van der Waals surface area contributed by atoms with Crippen molar-refractivity contribution in [1.29, 1.82) is 0 Å². The average Bonchev–Trinajstić information content (AvgIpc) is 3.43. The first-order valence-corrected chi connectivity index (χ1v) is 15.7. The number of anilines is 2. The maximum Gasteiger partial charge on any atom is 0.226 e. The Kier molecular flexibility index (Phi) is 6.88. The van der Waals surface area contributed by atoms with Crippen LogP contribution in [0, 0.1) is 24.0 Å². The van der Waals surface area contributed by atoms with Gasteiger partial charge in [-0.3, -0.25) is 4.90 Å². The molecule has 1 aromatic carbocycles. The first kappa shape index (κ1) is 29.1. The lowest BCUT2D eigenvalue weighted by Gasteiger charge is -2.32. The molecule has 4 aliphatic rings. The van der Waals surface area contributed by atoms with E-state index in [1.807, 2.05) is 0 Å². The number of alkyl halides is 1. The van der Waals surface area contributed by atoms with E-state index in [4.69, 9.17) is 21.6 Å². The molecule has 3 fully saturated rings. The van der Waals surface area contributed by atoms with Crippen LogP contribution < -0.4 is 20.1 Å². The number of hydrogen-bond donors (Lipinski definition) is 2. The van der Waals surface area contributed by atoms with E-state index in [1.54, 1.807) is 6.07 Å². The van der Waals surface area contributed by atoms with Gasteiger partial charge in [-0.25, -0.2) is 28.1 Å². The second-order valence-electron chi connectivity index (χ2n) is 12.9. The Labute approximate surface area is 263 Å². The van der Waals surface area contributed by atoms with Crippen molar-refractivity contribution >= 4 is 33.2 Å². The van der Waals surface area contributed by atoms with Gasteiger partial charge in [0.25, 0.3) is 0 Å². The molecule has 9 nitrogen and oxygen atoms in total. The number of benzene rings is 1. The van der Waals surface area contributed by atoms with Gasteiger partial charge in [-0.05, 0) is 56.2 Å². The fourth-order valence-corrected chi connectivity index (χ4v) is 7.89. The number of aliphatic hydroxyl groups is 1. The van der Waals surface area contributed by atoms with E-state index in [1.165, 1.54) is 18.2 Å². The minimum atomic E-state index is -0.924. The molecular weight excluding hydrogens is 597 g/mol. The minimum Gasteiger partial charge on any atom is -0.476 e. The molecule has 46 heavy (non-hydrogen) atoms. The minimum absolute atomic E-state index is 0.0290. The highest BCUT2D eigenvalue weighted by molar-refractivity contribution is 6.03. The van der Waals surface area contributed by atoms with Crippen LogP contribution in [-0.4, -0.2) is 81.7 Å². The van der Waals surface area contributed by atoms with Crippen molar-refractivity contribution in [2.24, 2.45) is 0 Å². The van der Waals surface area contributed by atoms with Gasteiger partial charge in [0.05, 0.1) is 34.3 Å². The van der Waals surface area contributed by atoms with Crippen LogP contribution >= 0.6 is 0 Å². The first-order chi connectivity index (χ1) is 22.2. The third kappa shape index (κ3) is 4.59. The lowest BCUT2D eigenvalue weighted by atomic mass is 9.95. The Morgan fingerprint density at radius 2 is 1.98 bits per heavy atom. The Balaban J connectivity index is 1.33. The number of hydrogen-bond acceptors (Lipinski definition) is 9. The summed E-state index contributed by atoms with van der Waals surface area (Å²) >= 11 is 0. The highest BCUT2D eigenvalue weighted by Crippen LogP contribution is 2.45. The standard InChI is InChI=1S/C34H33F3N6O3/c1-2-22-23(36)7-4-18-12-25(38)39-31(27(18)22)32-29(37)30-28-24(43-11-8-21(44)6-5-20(43)16-45-33(28)41-32)13-26(40-30)46-17-34-9-3-10-42(34)15-19(35)14-34/h1,4,7,12-13,19-21,44H,3,5-6,8-11,14-17H2,(H2,38,39)/t19-,20+,21+,34+/m1/s1. The van der Waals surface area contributed by atoms with Gasteiger partial charge in [-0.1, -0.05) is 12.0 Å². The smallest absolute Gasteiger partial charge is 0.226 e. The van der Waals surface area contributed by atoms with E-state index >= 15 is 4.39 Å². The van der Waals surface area contributed by atoms with Crippen LogP contribution in [0.1, 0.15) is 44.1 Å². The van der Waals surface area contributed by atoms with Crippen molar-refractivity contribution in [1.82, 2.24) is 19.9 Å². The summed E-state index contributed by atoms with van der Waals surface area (Å²) in [6.07, 6.45) is 8.22. The molecule has 3 saturated heterocycles. The van der Waals surface area contributed by atoms with E-state index < -0.39 is 29.4 Å². The zero-order valence-corrected chi connectivity index (χ0v) is 25.1. The molecule has 12 heteroatoms. The molecule has 0 amide bonds. The van der Waals surface area contributed by atoms with Crippen LogP contribution in [0.4, 0.5) is 24.7 Å². The number of terminal acetylenes is 1. The topological polar surface area (TPSA) is 110 Å². The third-order valence-electron chi connectivity index (χ3n) is 10.1. The number of aliphatic hydroxyl groups excluding tert-OH is 1. The molecule has 4 aromatic rings. The fraction of sp³-hybridized carbons (Fsp3) is 0.441. The second-order valence-corrected chi connectivity index (χ2v) is 12.9. The largest absolute Gasteiger partial charge is 0.476 e. The summed E-state index contributed by atoms with van der Waals surface area (Å²) in [4.78, 5) is 17.9. The summed E-state index contributed by atoms with van der Waals surface area (Å²) in [6, 6.07) is 5.92. The van der Waals surface area contributed by atoms with Gasteiger partial charge in [0, 0.05) is 31.0 Å². The molecule has 7 heterocycles. The predicted molar refractivity (Wildman–Crippen MR) is 168 cm³/mol. The van der Waals surface area contributed by atoms with Gasteiger partial charge >= 0.3 is 0 Å². The number of nitrogen functional groups attached to an aromatic ring is 1. The summed E-state index contributed by atoms with van der Waals surface area (Å²) < 4.78 is 59.0. The van der Waals surface area contributed by atoms with Crippen LogP contribution in [0.3, 0.4) is 0 Å². The molecular formula is C34H33F3N6O3. The van der Waals surface area contributed by atoms with Gasteiger partial charge in [-0.2, -0.15) is 0 Å². The van der Waals surface area contributed by atoms with E-state index in [-0.39, 0.29) is 64.7 Å². The van der Waals surface area contributed by atoms with Crippen LogP contribution in [0.25, 0.3) is 33.1 Å². The molecule has 0 bridgehead atoms. The maximum atomic E-state index is 17.0. The molecule has 4 atom stereocenters. The first-order valence-electron chi connectivity index (χ1n) is 15.7. The van der Waals surface area contributed by atoms with Crippen LogP contribution in [-0.2, 0) is 0 Å². The highest BCUT2D eigenvalue weighted by Gasteiger charge is 2.49. The zero-order valence-electron chi connectivity index (χ0n) is 25.1. The molecule has 0 spiro atoms. The Morgan fingerprint density at radius 1 is 1.11 bits per heavy atom. The summed E-state index contributed by atoms with van der Waals surface area (Å²) in [6.45, 7) is 2.13. The summed E-state index contributed by atoms with van der Waals surface area (Å²) in [7, 11) is 0. The fourth-order valence-electron chi connectivity index (χ4n) is 7.89. The predicted octanol–water partition coefficient (Wildman–Crippen LogP) is 4.75. The number of nitrogens with zero attached hydrogens (tertiary/aromatic N) is 5. The van der Waals surface area contributed by atoms with Gasteiger partial charge in [-0.15, -0.1) is 6.42 Å². The molecule has 4 aliphatic heterocycles. The molecule has 8 rings (SSSR count). The van der Waals surface area contributed by atoms with Crippen LogP contribution in [0.5, 0.6) is 11.8 Å². The van der Waals surface area contributed by atoms with E-state index in [0.717, 1.165) is 19.4 Å². The highest BCUT2D eigenvalue weighted by atomic mass is 19.1. The Hall–Kier alpha value is -4.34. The molecule has 0 aliphatic carbocycles. The molecule has 3 aromatic heterocycles. The number of pyridine rings is 3. The van der Waals surface area contributed by atoms with E-state index in [2.05, 4.69) is 30.7 Å². The molecule has 0 radical (unpaired) electrons. The number of nitrogens with two attached hydrogens (primary N) is 1. The summed E-state index contributed by atoms with van der Waals surface area (Å²) in [5.74, 6) is 1.28. The number of halogens is 3. The van der Waals surface area contributed by atoms with Gasteiger partial charge in [0.15, 0.2) is 5.82 Å². The van der Waals surface area contributed by atoms with Crippen LogP contribution in [0.2, 0.25) is 0 Å². The molecule has 3 N–H and O–H groups in total. The van der Waals surface area contributed by atoms with Crippen molar-refractivity contribution in [3.05, 3.63) is 41.5 Å². The number of rotatable bonds is 4. The maximum absolute atomic E-state index is 17.0. The SMILES string of the molecule is C#Cc1c(F)ccc2cc(N)nc(-c3nc4c5c(cc(OC[C@@]67CCCN6C[C@H](F)C7)nc5c3F)N3CC[C@@H](O)CC[C@H]3CO4)c12. The normalized spacial score (nSPS) is 25.9. The Bertz CT molecular complexity index is 1930. The average molecular weight is 631 g/mol. The van der Waals surface area contributed by atoms with Gasteiger partial charge in [0.2, 0.25) is 11.8 Å².